The number of nitrogen functional groups attached to an aromatic ring is 1. The van der Waals surface area contributed by atoms with Gasteiger partial charge in [0.25, 0.3) is 0 Å². The molecule has 21 heavy (non-hydrogen) atoms. The Bertz CT molecular complexity index is 648. The summed E-state index contributed by atoms with van der Waals surface area (Å²) in [5.74, 6) is 0.408. The number of benzene rings is 2. The predicted molar refractivity (Wildman–Crippen MR) is 87.7 cm³/mol. The second-order valence-electron chi connectivity index (χ2n) is 5.00. The summed E-state index contributed by atoms with van der Waals surface area (Å²) in [5.41, 5.74) is 10.8. The van der Waals surface area contributed by atoms with E-state index < -0.39 is 0 Å². The van der Waals surface area contributed by atoms with Crippen molar-refractivity contribution in [2.45, 2.75) is 24.5 Å². The van der Waals surface area contributed by atoms with E-state index in [0.717, 1.165) is 10.6 Å². The summed E-state index contributed by atoms with van der Waals surface area (Å²) >= 11 is 1.56. The lowest BCUT2D eigenvalue weighted by atomic mass is 10.1. The molecule has 0 bridgehead atoms. The van der Waals surface area contributed by atoms with E-state index in [-0.39, 0.29) is 5.97 Å². The van der Waals surface area contributed by atoms with Crippen molar-refractivity contribution in [1.82, 2.24) is 0 Å². The van der Waals surface area contributed by atoms with Crippen LogP contribution in [0.15, 0.2) is 41.3 Å². The number of carbonyl (C=O) groups excluding carboxylic acids is 1. The molecule has 0 aliphatic carbocycles. The molecule has 0 heterocycles. The van der Waals surface area contributed by atoms with Crippen molar-refractivity contribution in [3.05, 3.63) is 58.7 Å². The number of esters is 1. The summed E-state index contributed by atoms with van der Waals surface area (Å²) in [6.45, 7) is 4.16. The minimum Gasteiger partial charge on any atom is -0.465 e. The molecular formula is C17H19NO2S. The number of hydrogen-bond donors (Lipinski definition) is 1. The van der Waals surface area contributed by atoms with Gasteiger partial charge in [-0.15, -0.1) is 11.8 Å². The quantitative estimate of drug-likeness (QED) is 0.527. The van der Waals surface area contributed by atoms with Gasteiger partial charge in [-0.25, -0.2) is 4.79 Å². The lowest BCUT2D eigenvalue weighted by molar-refractivity contribution is 0.0597. The fraction of sp³-hybridized carbons (Fsp3) is 0.235. The Morgan fingerprint density at radius 3 is 2.48 bits per heavy atom. The fourth-order valence-electron chi connectivity index (χ4n) is 2.29. The lowest BCUT2D eigenvalue weighted by Gasteiger charge is -2.11. The van der Waals surface area contributed by atoms with Crippen molar-refractivity contribution in [2.24, 2.45) is 0 Å². The number of carbonyl (C=O) groups is 1. The molecule has 0 unspecified atom stereocenters. The van der Waals surface area contributed by atoms with E-state index in [1.54, 1.807) is 30.0 Å². The Kier molecular flexibility index (Phi) is 4.91. The van der Waals surface area contributed by atoms with Crippen molar-refractivity contribution in [3.63, 3.8) is 0 Å². The van der Waals surface area contributed by atoms with E-state index >= 15 is 0 Å². The van der Waals surface area contributed by atoms with Gasteiger partial charge in [0.2, 0.25) is 0 Å². The van der Waals surface area contributed by atoms with Gasteiger partial charge in [-0.05, 0) is 31.5 Å². The van der Waals surface area contributed by atoms with Crippen LogP contribution in [0.25, 0.3) is 0 Å². The van der Waals surface area contributed by atoms with Crippen LogP contribution in [0.3, 0.4) is 0 Å². The van der Waals surface area contributed by atoms with E-state index in [1.807, 2.05) is 0 Å². The number of aryl methyl sites for hydroxylation is 2. The average Bonchev–Trinajstić information content (AvgIpc) is 2.44. The molecule has 3 nitrogen and oxygen atoms in total. The molecule has 0 aliphatic rings. The highest BCUT2D eigenvalue weighted by molar-refractivity contribution is 7.98. The Morgan fingerprint density at radius 1 is 1.19 bits per heavy atom. The second kappa shape index (κ2) is 6.68. The molecule has 4 heteroatoms. The molecule has 0 amide bonds. The summed E-state index contributed by atoms with van der Waals surface area (Å²) in [7, 11) is 1.38. The number of anilines is 1. The van der Waals surface area contributed by atoms with Crippen LogP contribution in [0.5, 0.6) is 0 Å². The van der Waals surface area contributed by atoms with E-state index in [4.69, 9.17) is 10.5 Å². The third-order valence-electron chi connectivity index (χ3n) is 3.12. The van der Waals surface area contributed by atoms with Gasteiger partial charge in [-0.1, -0.05) is 35.4 Å². The second-order valence-corrected chi connectivity index (χ2v) is 5.99. The molecule has 0 saturated carbocycles. The van der Waals surface area contributed by atoms with Gasteiger partial charge in [0.05, 0.1) is 12.7 Å². The van der Waals surface area contributed by atoms with Gasteiger partial charge in [-0.2, -0.15) is 0 Å². The number of hydrogen-bond acceptors (Lipinski definition) is 4. The highest BCUT2D eigenvalue weighted by Gasteiger charge is 2.14. The third kappa shape index (κ3) is 3.79. The first-order valence-corrected chi connectivity index (χ1v) is 7.66. The highest BCUT2D eigenvalue weighted by Crippen LogP contribution is 2.32. The third-order valence-corrected chi connectivity index (χ3v) is 4.34. The van der Waals surface area contributed by atoms with E-state index in [2.05, 4.69) is 32.0 Å². The molecule has 0 atom stereocenters. The van der Waals surface area contributed by atoms with E-state index in [1.165, 1.54) is 23.8 Å². The Balaban J connectivity index is 2.25. The minimum atomic E-state index is -0.356. The smallest absolute Gasteiger partial charge is 0.339 e. The van der Waals surface area contributed by atoms with Crippen LogP contribution in [0.1, 0.15) is 27.0 Å². The first-order chi connectivity index (χ1) is 10.0. The number of thioether (sulfide) groups is 1. The van der Waals surface area contributed by atoms with Gasteiger partial charge in [0.15, 0.2) is 0 Å². The Morgan fingerprint density at radius 2 is 1.86 bits per heavy atom. The van der Waals surface area contributed by atoms with Crippen LogP contribution in [-0.4, -0.2) is 13.1 Å². The maximum absolute atomic E-state index is 11.8. The molecule has 0 aromatic heterocycles. The van der Waals surface area contributed by atoms with Gasteiger partial charge in [0, 0.05) is 16.3 Å². The van der Waals surface area contributed by atoms with Gasteiger partial charge in [-0.3, -0.25) is 0 Å². The molecule has 2 aromatic carbocycles. The molecule has 0 saturated heterocycles. The van der Waals surface area contributed by atoms with Gasteiger partial charge >= 0.3 is 5.97 Å². The molecule has 0 aliphatic heterocycles. The zero-order chi connectivity index (χ0) is 15.4. The van der Waals surface area contributed by atoms with Crippen molar-refractivity contribution >= 4 is 23.4 Å². The zero-order valence-corrected chi connectivity index (χ0v) is 13.3. The van der Waals surface area contributed by atoms with Crippen LogP contribution in [0.4, 0.5) is 5.69 Å². The molecule has 0 spiro atoms. The number of nitrogens with two attached hydrogens (primary N) is 1. The van der Waals surface area contributed by atoms with E-state index in [9.17, 15) is 4.79 Å². The first kappa shape index (κ1) is 15.4. The molecular weight excluding hydrogens is 282 g/mol. The maximum Gasteiger partial charge on any atom is 0.339 e. The van der Waals surface area contributed by atoms with Crippen molar-refractivity contribution in [1.29, 1.82) is 0 Å². The van der Waals surface area contributed by atoms with Crippen LogP contribution < -0.4 is 5.73 Å². The van der Waals surface area contributed by atoms with Gasteiger partial charge in [0.1, 0.15) is 0 Å². The van der Waals surface area contributed by atoms with Crippen LogP contribution in [0.2, 0.25) is 0 Å². The molecule has 2 N–H and O–H groups in total. The normalized spacial score (nSPS) is 10.4. The molecule has 0 radical (unpaired) electrons. The lowest BCUT2D eigenvalue weighted by Crippen LogP contribution is -2.05. The van der Waals surface area contributed by atoms with Crippen LogP contribution in [0, 0.1) is 13.8 Å². The number of rotatable bonds is 4. The van der Waals surface area contributed by atoms with Crippen molar-refractivity contribution in [2.75, 3.05) is 12.8 Å². The van der Waals surface area contributed by atoms with Crippen LogP contribution >= 0.6 is 11.8 Å². The number of ether oxygens (including phenoxy) is 1. The predicted octanol–water partition coefficient (Wildman–Crippen LogP) is 3.96. The molecule has 2 rings (SSSR count). The standard InChI is InChI=1S/C17H19NO2S/c1-11-7-12(2)9-13(8-11)10-21-16-14(17(19)20-3)5-4-6-15(16)18/h4-9H,10,18H2,1-3H3. The van der Waals surface area contributed by atoms with Gasteiger partial charge < -0.3 is 10.5 Å². The maximum atomic E-state index is 11.8. The zero-order valence-electron chi connectivity index (χ0n) is 12.5. The Labute approximate surface area is 129 Å². The fourth-order valence-corrected chi connectivity index (χ4v) is 3.31. The summed E-state index contributed by atoms with van der Waals surface area (Å²) in [4.78, 5) is 12.6. The first-order valence-electron chi connectivity index (χ1n) is 6.68. The van der Waals surface area contributed by atoms with Crippen LogP contribution in [-0.2, 0) is 10.5 Å². The Hall–Kier alpha value is -1.94. The highest BCUT2D eigenvalue weighted by atomic mass is 32.2. The molecule has 2 aromatic rings. The monoisotopic (exact) mass is 301 g/mol. The van der Waals surface area contributed by atoms with Crippen molar-refractivity contribution < 1.29 is 9.53 Å². The SMILES string of the molecule is COC(=O)c1cccc(N)c1SCc1cc(C)cc(C)c1. The summed E-state index contributed by atoms with van der Waals surface area (Å²) in [6, 6.07) is 11.8. The summed E-state index contributed by atoms with van der Waals surface area (Å²) < 4.78 is 4.81. The summed E-state index contributed by atoms with van der Waals surface area (Å²) in [5, 5.41) is 0. The molecule has 110 valence electrons. The van der Waals surface area contributed by atoms with E-state index in [0.29, 0.717) is 11.3 Å². The summed E-state index contributed by atoms with van der Waals surface area (Å²) in [6.07, 6.45) is 0. The van der Waals surface area contributed by atoms with Crippen molar-refractivity contribution in [3.8, 4) is 0 Å². The topological polar surface area (TPSA) is 52.3 Å². The average molecular weight is 301 g/mol. The number of methoxy groups -OCH3 is 1. The minimum absolute atomic E-state index is 0.356. The largest absolute Gasteiger partial charge is 0.465 e. The molecule has 0 fully saturated rings.